The number of amides is 1. The highest BCUT2D eigenvalue weighted by Crippen LogP contribution is 2.13. The van der Waals surface area contributed by atoms with Gasteiger partial charge in [0.2, 0.25) is 5.91 Å². The van der Waals surface area contributed by atoms with Crippen LogP contribution in [0, 0.1) is 0 Å². The first-order valence-corrected chi connectivity index (χ1v) is 6.02. The van der Waals surface area contributed by atoms with E-state index in [1.807, 2.05) is 0 Å². The summed E-state index contributed by atoms with van der Waals surface area (Å²) in [6.45, 7) is 0. The Morgan fingerprint density at radius 3 is 2.83 bits per heavy atom. The molecule has 0 fully saturated rings. The Kier molecular flexibility index (Phi) is 3.73. The molecule has 2 heterocycles. The Bertz CT molecular complexity index is 551. The van der Waals surface area contributed by atoms with Gasteiger partial charge in [-0.3, -0.25) is 9.48 Å². The summed E-state index contributed by atoms with van der Waals surface area (Å²) in [5, 5.41) is 6.62. The highest BCUT2D eigenvalue weighted by atomic mass is 79.9. The number of anilines is 1. The van der Waals surface area contributed by atoms with E-state index in [9.17, 15) is 4.79 Å². The van der Waals surface area contributed by atoms with Crippen LogP contribution in [-0.2, 0) is 11.8 Å². The molecule has 18 heavy (non-hydrogen) atoms. The van der Waals surface area contributed by atoms with Gasteiger partial charge in [-0.05, 0) is 28.1 Å². The summed E-state index contributed by atoms with van der Waals surface area (Å²) >= 11 is 3.27. The van der Waals surface area contributed by atoms with Crippen molar-refractivity contribution in [3.8, 4) is 0 Å². The number of nitrogens with one attached hydrogen (secondary N) is 1. The van der Waals surface area contributed by atoms with Gasteiger partial charge in [0, 0.05) is 29.5 Å². The maximum Gasteiger partial charge on any atom is 0.247 e. The smallest absolute Gasteiger partial charge is 0.247 e. The van der Waals surface area contributed by atoms with Crippen LogP contribution in [0.3, 0.4) is 0 Å². The van der Waals surface area contributed by atoms with Gasteiger partial charge in [-0.25, -0.2) is 4.98 Å². The second-order valence-corrected chi connectivity index (χ2v) is 4.69. The standard InChI is InChI=1S/C11H12BrN5O/c1-17-6-7(4-15-17)10(13)11(18)16-9-3-2-8(12)5-14-9/h2-6,10H,13H2,1H3,(H,14,16,18). The van der Waals surface area contributed by atoms with E-state index < -0.39 is 6.04 Å². The largest absolute Gasteiger partial charge is 0.316 e. The van der Waals surface area contributed by atoms with Crippen molar-refractivity contribution in [1.29, 1.82) is 0 Å². The van der Waals surface area contributed by atoms with E-state index in [2.05, 4.69) is 31.3 Å². The van der Waals surface area contributed by atoms with Crippen molar-refractivity contribution >= 4 is 27.7 Å². The molecule has 0 radical (unpaired) electrons. The van der Waals surface area contributed by atoms with Crippen LogP contribution in [0.25, 0.3) is 0 Å². The number of hydrogen-bond donors (Lipinski definition) is 2. The highest BCUT2D eigenvalue weighted by Gasteiger charge is 2.17. The minimum absolute atomic E-state index is 0.321. The zero-order valence-corrected chi connectivity index (χ0v) is 11.3. The lowest BCUT2D eigenvalue weighted by molar-refractivity contribution is -0.117. The second kappa shape index (κ2) is 5.28. The zero-order chi connectivity index (χ0) is 13.1. The van der Waals surface area contributed by atoms with Gasteiger partial charge in [-0.1, -0.05) is 0 Å². The fourth-order valence-electron chi connectivity index (χ4n) is 1.41. The lowest BCUT2D eigenvalue weighted by Gasteiger charge is -2.09. The van der Waals surface area contributed by atoms with Crippen molar-refractivity contribution in [3.63, 3.8) is 0 Å². The molecule has 0 aliphatic rings. The minimum Gasteiger partial charge on any atom is -0.316 e. The topological polar surface area (TPSA) is 85.8 Å². The Morgan fingerprint density at radius 2 is 2.28 bits per heavy atom. The Labute approximate surface area is 112 Å². The van der Waals surface area contributed by atoms with Gasteiger partial charge in [0.15, 0.2) is 0 Å². The summed E-state index contributed by atoms with van der Waals surface area (Å²) < 4.78 is 2.44. The van der Waals surface area contributed by atoms with E-state index in [0.717, 1.165) is 4.47 Å². The summed E-state index contributed by atoms with van der Waals surface area (Å²) in [4.78, 5) is 15.9. The first kappa shape index (κ1) is 12.7. The third-order valence-electron chi connectivity index (χ3n) is 2.35. The van der Waals surface area contributed by atoms with Crippen LogP contribution in [0.2, 0.25) is 0 Å². The maximum absolute atomic E-state index is 11.9. The number of carbonyl (C=O) groups is 1. The molecular formula is C11H12BrN5O. The number of rotatable bonds is 3. The lowest BCUT2D eigenvalue weighted by Crippen LogP contribution is -2.27. The lowest BCUT2D eigenvalue weighted by atomic mass is 10.1. The molecule has 2 rings (SSSR count). The fourth-order valence-corrected chi connectivity index (χ4v) is 1.64. The molecule has 0 spiro atoms. The Hall–Kier alpha value is -1.73. The molecule has 0 aliphatic carbocycles. The molecule has 6 nitrogen and oxygen atoms in total. The summed E-state index contributed by atoms with van der Waals surface area (Å²) in [6, 6.07) is 2.72. The number of halogens is 1. The predicted molar refractivity (Wildman–Crippen MR) is 70.7 cm³/mol. The number of aryl methyl sites for hydroxylation is 1. The summed E-state index contributed by atoms with van der Waals surface area (Å²) in [5.74, 6) is 0.139. The first-order chi connectivity index (χ1) is 8.56. The van der Waals surface area contributed by atoms with Crippen molar-refractivity contribution in [3.05, 3.63) is 40.8 Å². The SMILES string of the molecule is Cn1cc(C(N)C(=O)Nc2ccc(Br)cn2)cn1. The van der Waals surface area contributed by atoms with Gasteiger partial charge in [0.25, 0.3) is 0 Å². The molecule has 0 aliphatic heterocycles. The third-order valence-corrected chi connectivity index (χ3v) is 2.81. The van der Waals surface area contributed by atoms with E-state index in [1.165, 1.54) is 0 Å². The molecular weight excluding hydrogens is 298 g/mol. The third kappa shape index (κ3) is 2.93. The molecule has 7 heteroatoms. The average Bonchev–Trinajstić information content (AvgIpc) is 2.78. The van der Waals surface area contributed by atoms with Gasteiger partial charge in [-0.2, -0.15) is 5.10 Å². The quantitative estimate of drug-likeness (QED) is 0.892. The van der Waals surface area contributed by atoms with Crippen LogP contribution in [0.1, 0.15) is 11.6 Å². The molecule has 1 unspecified atom stereocenters. The predicted octanol–water partition coefficient (Wildman–Crippen LogP) is 1.22. The van der Waals surface area contributed by atoms with Crippen LogP contribution in [0.15, 0.2) is 35.2 Å². The van der Waals surface area contributed by atoms with Crippen LogP contribution < -0.4 is 11.1 Å². The monoisotopic (exact) mass is 309 g/mol. The van der Waals surface area contributed by atoms with Crippen molar-refractivity contribution in [2.45, 2.75) is 6.04 Å². The first-order valence-electron chi connectivity index (χ1n) is 5.23. The number of nitrogens with two attached hydrogens (primary N) is 1. The Balaban J connectivity index is 2.05. The summed E-state index contributed by atoms with van der Waals surface area (Å²) in [7, 11) is 1.77. The van der Waals surface area contributed by atoms with Crippen LogP contribution in [0.5, 0.6) is 0 Å². The second-order valence-electron chi connectivity index (χ2n) is 3.78. The van der Waals surface area contributed by atoms with E-state index >= 15 is 0 Å². The number of carbonyl (C=O) groups excluding carboxylic acids is 1. The molecule has 1 atom stereocenters. The molecule has 94 valence electrons. The summed E-state index contributed by atoms with van der Waals surface area (Å²) in [5.41, 5.74) is 6.49. The zero-order valence-electron chi connectivity index (χ0n) is 9.67. The number of pyridine rings is 1. The number of nitrogens with zero attached hydrogens (tertiary/aromatic N) is 3. The van der Waals surface area contributed by atoms with Crippen LogP contribution in [0.4, 0.5) is 5.82 Å². The van der Waals surface area contributed by atoms with Crippen LogP contribution >= 0.6 is 15.9 Å². The normalized spacial score (nSPS) is 12.2. The van der Waals surface area contributed by atoms with E-state index in [4.69, 9.17) is 5.73 Å². The molecule has 0 aromatic carbocycles. The molecule has 1 amide bonds. The van der Waals surface area contributed by atoms with E-state index in [1.54, 1.807) is 42.5 Å². The van der Waals surface area contributed by atoms with Gasteiger partial charge < -0.3 is 11.1 Å². The number of hydrogen-bond acceptors (Lipinski definition) is 4. The molecule has 0 saturated carbocycles. The molecule has 2 aromatic rings. The molecule has 0 saturated heterocycles. The van der Waals surface area contributed by atoms with Crippen molar-refractivity contribution in [1.82, 2.24) is 14.8 Å². The van der Waals surface area contributed by atoms with E-state index in [-0.39, 0.29) is 5.91 Å². The van der Waals surface area contributed by atoms with Gasteiger partial charge in [0.05, 0.1) is 6.20 Å². The number of aromatic nitrogens is 3. The van der Waals surface area contributed by atoms with Crippen molar-refractivity contribution < 1.29 is 4.79 Å². The maximum atomic E-state index is 11.9. The Morgan fingerprint density at radius 1 is 1.50 bits per heavy atom. The van der Waals surface area contributed by atoms with Crippen molar-refractivity contribution in [2.75, 3.05) is 5.32 Å². The van der Waals surface area contributed by atoms with Crippen molar-refractivity contribution in [2.24, 2.45) is 12.8 Å². The summed E-state index contributed by atoms with van der Waals surface area (Å²) in [6.07, 6.45) is 4.88. The van der Waals surface area contributed by atoms with Gasteiger partial charge >= 0.3 is 0 Å². The molecule has 3 N–H and O–H groups in total. The average molecular weight is 310 g/mol. The fraction of sp³-hybridized carbons (Fsp3) is 0.182. The minimum atomic E-state index is -0.760. The van der Waals surface area contributed by atoms with Crippen LogP contribution in [-0.4, -0.2) is 20.7 Å². The molecule has 2 aromatic heterocycles. The van der Waals surface area contributed by atoms with Gasteiger partial charge in [0.1, 0.15) is 11.9 Å². The van der Waals surface area contributed by atoms with Gasteiger partial charge in [-0.15, -0.1) is 0 Å². The highest BCUT2D eigenvalue weighted by molar-refractivity contribution is 9.10. The van der Waals surface area contributed by atoms with E-state index in [0.29, 0.717) is 11.4 Å². The molecule has 0 bridgehead atoms.